The van der Waals surface area contributed by atoms with E-state index in [1.165, 1.54) is 12.8 Å². The van der Waals surface area contributed by atoms with E-state index in [9.17, 15) is 10.1 Å². The molecule has 116 valence electrons. The van der Waals surface area contributed by atoms with Crippen LogP contribution in [0.1, 0.15) is 38.3 Å². The largest absolute Gasteiger partial charge is 0.349 e. The first-order chi connectivity index (χ1) is 9.99. The topological polar surface area (TPSA) is 76.2 Å². The van der Waals surface area contributed by atoms with E-state index in [2.05, 4.69) is 15.3 Å². The highest BCUT2D eigenvalue weighted by Crippen LogP contribution is 2.38. The zero-order valence-electron chi connectivity index (χ0n) is 12.9. The Morgan fingerprint density at radius 3 is 2.81 bits per heavy atom. The van der Waals surface area contributed by atoms with Crippen LogP contribution in [0.15, 0.2) is 0 Å². The molecule has 0 aromatic carbocycles. The molecule has 0 radical (unpaired) electrons. The lowest BCUT2D eigenvalue weighted by atomic mass is 9.94. The Morgan fingerprint density at radius 2 is 2.19 bits per heavy atom. The van der Waals surface area contributed by atoms with Gasteiger partial charge >= 0.3 is 5.69 Å². The number of rotatable bonds is 3. The number of fused-ring (bicyclic) bond motifs is 1. The van der Waals surface area contributed by atoms with Crippen LogP contribution in [0.3, 0.4) is 0 Å². The molecule has 1 N–H and O–H groups in total. The summed E-state index contributed by atoms with van der Waals surface area (Å²) in [5.74, 6) is 1.31. The minimum absolute atomic E-state index is 0.0494. The predicted molar refractivity (Wildman–Crippen MR) is 80.7 cm³/mol. The van der Waals surface area contributed by atoms with Crippen molar-refractivity contribution in [1.29, 1.82) is 0 Å². The average molecular weight is 293 g/mol. The van der Waals surface area contributed by atoms with Crippen LogP contribution in [-0.4, -0.2) is 40.4 Å². The van der Waals surface area contributed by atoms with Crippen molar-refractivity contribution in [3.05, 3.63) is 15.8 Å². The second-order valence-electron chi connectivity index (χ2n) is 6.46. The summed E-state index contributed by atoms with van der Waals surface area (Å²) in [7, 11) is 1.81. The van der Waals surface area contributed by atoms with Gasteiger partial charge in [-0.15, -0.1) is 0 Å². The molecule has 2 fully saturated rings. The Labute approximate surface area is 124 Å². The fourth-order valence-electron chi connectivity index (χ4n) is 3.66. The highest BCUT2D eigenvalue weighted by molar-refractivity contribution is 5.63. The zero-order valence-corrected chi connectivity index (χ0v) is 12.9. The molecular weight excluding hydrogens is 270 g/mol. The molecule has 2 atom stereocenters. The third kappa shape index (κ3) is 2.39. The molecule has 0 aliphatic carbocycles. The molecule has 0 amide bonds. The van der Waals surface area contributed by atoms with Gasteiger partial charge in [-0.1, -0.05) is 13.8 Å². The van der Waals surface area contributed by atoms with Crippen LogP contribution in [0.25, 0.3) is 0 Å². The van der Waals surface area contributed by atoms with E-state index < -0.39 is 0 Å². The monoisotopic (exact) mass is 293 g/mol. The molecular formula is C14H23N5O2. The fraction of sp³-hybridized carbons (Fsp3) is 0.786. The zero-order chi connectivity index (χ0) is 15.1. The minimum Gasteiger partial charge on any atom is -0.349 e. The molecule has 0 spiro atoms. The van der Waals surface area contributed by atoms with Crippen molar-refractivity contribution >= 4 is 11.5 Å². The van der Waals surface area contributed by atoms with Crippen LogP contribution in [-0.2, 0) is 7.05 Å². The van der Waals surface area contributed by atoms with Crippen LogP contribution in [0.2, 0.25) is 0 Å². The van der Waals surface area contributed by atoms with E-state index in [1.54, 1.807) is 4.68 Å². The van der Waals surface area contributed by atoms with Crippen molar-refractivity contribution in [3.63, 3.8) is 0 Å². The Balaban J connectivity index is 1.97. The van der Waals surface area contributed by atoms with E-state index in [1.807, 2.05) is 20.9 Å². The molecule has 1 aromatic heterocycles. The molecule has 3 rings (SSSR count). The van der Waals surface area contributed by atoms with Crippen molar-refractivity contribution in [2.24, 2.45) is 13.0 Å². The molecule has 3 heterocycles. The minimum atomic E-state index is -0.271. The lowest BCUT2D eigenvalue weighted by Gasteiger charge is -2.24. The maximum Gasteiger partial charge on any atom is 0.334 e. The molecule has 1 aromatic rings. The van der Waals surface area contributed by atoms with E-state index in [0.717, 1.165) is 19.6 Å². The molecule has 7 heteroatoms. The van der Waals surface area contributed by atoms with Crippen LogP contribution < -0.4 is 10.2 Å². The van der Waals surface area contributed by atoms with Gasteiger partial charge in [0.15, 0.2) is 0 Å². The van der Waals surface area contributed by atoms with Crippen molar-refractivity contribution < 1.29 is 4.92 Å². The summed E-state index contributed by atoms with van der Waals surface area (Å²) < 4.78 is 1.69. The molecule has 2 unspecified atom stereocenters. The van der Waals surface area contributed by atoms with Gasteiger partial charge in [-0.05, 0) is 25.3 Å². The van der Waals surface area contributed by atoms with E-state index in [-0.39, 0.29) is 16.5 Å². The van der Waals surface area contributed by atoms with Gasteiger partial charge in [0.2, 0.25) is 5.82 Å². The summed E-state index contributed by atoms with van der Waals surface area (Å²) in [6.07, 6.45) is 2.40. The van der Waals surface area contributed by atoms with Crippen LogP contribution in [0.5, 0.6) is 0 Å². The first kappa shape index (κ1) is 14.3. The van der Waals surface area contributed by atoms with Gasteiger partial charge in [0.05, 0.1) is 4.92 Å². The van der Waals surface area contributed by atoms with Crippen LogP contribution in [0, 0.1) is 16.0 Å². The number of anilines is 1. The molecule has 0 bridgehead atoms. The van der Waals surface area contributed by atoms with Crippen molar-refractivity contribution in [3.8, 4) is 0 Å². The van der Waals surface area contributed by atoms with E-state index >= 15 is 0 Å². The summed E-state index contributed by atoms with van der Waals surface area (Å²) >= 11 is 0. The smallest absolute Gasteiger partial charge is 0.334 e. The molecule has 2 aliphatic heterocycles. The summed E-state index contributed by atoms with van der Waals surface area (Å²) in [5, 5.41) is 19.5. The van der Waals surface area contributed by atoms with Gasteiger partial charge in [0, 0.05) is 32.1 Å². The second kappa shape index (κ2) is 5.29. The molecule has 0 saturated carbocycles. The van der Waals surface area contributed by atoms with Crippen LogP contribution >= 0.6 is 0 Å². The van der Waals surface area contributed by atoms with E-state index in [4.69, 9.17) is 0 Å². The van der Waals surface area contributed by atoms with Gasteiger partial charge in [0.1, 0.15) is 5.69 Å². The fourth-order valence-corrected chi connectivity index (χ4v) is 3.66. The number of nitrogens with one attached hydrogen (secondary N) is 1. The number of aromatic nitrogens is 2. The number of nitro groups is 1. The lowest BCUT2D eigenvalue weighted by Crippen LogP contribution is -2.40. The second-order valence-corrected chi connectivity index (χ2v) is 6.46. The third-order valence-electron chi connectivity index (χ3n) is 4.65. The Morgan fingerprint density at radius 1 is 1.43 bits per heavy atom. The Kier molecular flexibility index (Phi) is 3.61. The number of nitrogens with zero attached hydrogens (tertiary/aromatic N) is 4. The third-order valence-corrected chi connectivity index (χ3v) is 4.65. The van der Waals surface area contributed by atoms with Gasteiger partial charge in [-0.3, -0.25) is 10.1 Å². The number of hydrogen-bond donors (Lipinski definition) is 1. The molecule has 2 aliphatic rings. The first-order valence-electron chi connectivity index (χ1n) is 7.68. The maximum atomic E-state index is 11.5. The highest BCUT2D eigenvalue weighted by Gasteiger charge is 2.40. The Bertz CT molecular complexity index is 540. The molecule has 21 heavy (non-hydrogen) atoms. The van der Waals surface area contributed by atoms with Crippen molar-refractivity contribution in [1.82, 2.24) is 15.1 Å². The first-order valence-corrected chi connectivity index (χ1v) is 7.68. The standard InChI is InChI=1S/C14H23N5O2/c1-9(2)12-13(19(20)21)14(17(3)16-12)18-7-10-5-4-6-15-11(10)8-18/h9-11,15H,4-8H2,1-3H3. The van der Waals surface area contributed by atoms with Gasteiger partial charge in [-0.2, -0.15) is 5.10 Å². The quantitative estimate of drug-likeness (QED) is 0.677. The normalized spacial score (nSPS) is 25.4. The molecule has 7 nitrogen and oxygen atoms in total. The summed E-state index contributed by atoms with van der Waals surface area (Å²) in [5.41, 5.74) is 0.770. The highest BCUT2D eigenvalue weighted by atomic mass is 16.6. The van der Waals surface area contributed by atoms with Gasteiger partial charge in [-0.25, -0.2) is 4.68 Å². The van der Waals surface area contributed by atoms with Gasteiger partial charge in [0.25, 0.3) is 0 Å². The SMILES string of the molecule is CC(C)c1nn(C)c(N2CC3CCCNC3C2)c1[N+](=O)[O-]. The number of hydrogen-bond acceptors (Lipinski definition) is 5. The Hall–Kier alpha value is -1.63. The number of piperidine rings is 1. The summed E-state index contributed by atoms with van der Waals surface area (Å²) in [6.45, 7) is 6.67. The average Bonchev–Trinajstić information content (AvgIpc) is 2.98. The van der Waals surface area contributed by atoms with Crippen LogP contribution in [0.4, 0.5) is 11.5 Å². The van der Waals surface area contributed by atoms with Gasteiger partial charge < -0.3 is 10.2 Å². The maximum absolute atomic E-state index is 11.5. The van der Waals surface area contributed by atoms with Crippen molar-refractivity contribution in [2.75, 3.05) is 24.5 Å². The van der Waals surface area contributed by atoms with E-state index in [0.29, 0.717) is 23.5 Å². The lowest BCUT2D eigenvalue weighted by molar-refractivity contribution is -0.385. The summed E-state index contributed by atoms with van der Waals surface area (Å²) in [4.78, 5) is 13.4. The predicted octanol–water partition coefficient (Wildman–Crippen LogP) is 1.64. The number of aryl methyl sites for hydroxylation is 1. The molecule has 2 saturated heterocycles. The van der Waals surface area contributed by atoms with Crippen molar-refractivity contribution in [2.45, 2.75) is 38.6 Å². The summed E-state index contributed by atoms with van der Waals surface area (Å²) in [6, 6.07) is 0.454.